The summed E-state index contributed by atoms with van der Waals surface area (Å²) in [5.74, 6) is 3.23. The fourth-order valence-electron chi connectivity index (χ4n) is 6.39. The SMILES string of the molecule is C=CC(=O)Nc1cc2c(Nc3ccc(OCc4ccccn4)c(Cl)c3)ncnc2cc1CCC1[C@H]2CN(C3COC3)C[C@@H]12. The summed E-state index contributed by atoms with van der Waals surface area (Å²) in [6, 6.07) is 15.8. The summed E-state index contributed by atoms with van der Waals surface area (Å²) in [6.45, 7) is 8.09. The normalized spacial score (nSPS) is 21.2. The lowest BCUT2D eigenvalue weighted by Crippen LogP contribution is -2.48. The second-order valence-corrected chi connectivity index (χ2v) is 11.9. The lowest BCUT2D eigenvalue weighted by Gasteiger charge is -2.35. The van der Waals surface area contributed by atoms with E-state index in [0.717, 1.165) is 77.3 Å². The predicted octanol–water partition coefficient (Wildman–Crippen LogP) is 5.63. The van der Waals surface area contributed by atoms with Crippen LogP contribution in [0.5, 0.6) is 5.75 Å². The van der Waals surface area contributed by atoms with Gasteiger partial charge in [-0.3, -0.25) is 14.7 Å². The average Bonchev–Trinajstić information content (AvgIpc) is 3.44. The molecule has 3 aliphatic rings. The summed E-state index contributed by atoms with van der Waals surface area (Å²) in [6.07, 6.45) is 6.53. The Kier molecular flexibility index (Phi) is 7.69. The molecule has 0 radical (unpaired) electrons. The Balaban J connectivity index is 1.07. The number of hydrogen-bond donors (Lipinski definition) is 2. The second kappa shape index (κ2) is 11.9. The van der Waals surface area contributed by atoms with Gasteiger partial charge in [0.05, 0.1) is 35.5 Å². The van der Waals surface area contributed by atoms with Crippen LogP contribution in [0.2, 0.25) is 5.02 Å². The van der Waals surface area contributed by atoms with Crippen molar-refractivity contribution in [2.45, 2.75) is 25.5 Å². The Hall–Kier alpha value is -4.05. The number of aryl methyl sites for hydroxylation is 1. The van der Waals surface area contributed by atoms with Crippen molar-refractivity contribution in [1.29, 1.82) is 0 Å². The molecule has 2 aromatic carbocycles. The summed E-state index contributed by atoms with van der Waals surface area (Å²) < 4.78 is 11.2. The molecule has 43 heavy (non-hydrogen) atoms. The van der Waals surface area contributed by atoms with Crippen molar-refractivity contribution < 1.29 is 14.3 Å². The molecule has 3 fully saturated rings. The number of likely N-dealkylation sites (tertiary alicyclic amines) is 1. The smallest absolute Gasteiger partial charge is 0.247 e. The van der Waals surface area contributed by atoms with Crippen LogP contribution in [-0.4, -0.2) is 58.1 Å². The third-order valence-corrected chi connectivity index (χ3v) is 9.18. The molecule has 0 bridgehead atoms. The Morgan fingerprint density at radius 2 is 1.98 bits per heavy atom. The van der Waals surface area contributed by atoms with E-state index in [0.29, 0.717) is 29.2 Å². The van der Waals surface area contributed by atoms with E-state index in [1.165, 1.54) is 19.2 Å². The van der Waals surface area contributed by atoms with Crippen molar-refractivity contribution in [3.05, 3.63) is 90.0 Å². The van der Waals surface area contributed by atoms with E-state index in [1.54, 1.807) is 18.6 Å². The number of pyridine rings is 1. The minimum atomic E-state index is -0.248. The highest BCUT2D eigenvalue weighted by molar-refractivity contribution is 6.32. The number of nitrogens with zero attached hydrogens (tertiary/aromatic N) is 4. The molecule has 2 aliphatic heterocycles. The van der Waals surface area contributed by atoms with Crippen LogP contribution in [0.3, 0.4) is 0 Å². The molecule has 1 aliphatic carbocycles. The number of anilines is 3. The summed E-state index contributed by atoms with van der Waals surface area (Å²) in [7, 11) is 0. The van der Waals surface area contributed by atoms with E-state index in [2.05, 4.69) is 43.1 Å². The van der Waals surface area contributed by atoms with Crippen molar-refractivity contribution in [2.24, 2.45) is 17.8 Å². The first-order chi connectivity index (χ1) is 21.1. The van der Waals surface area contributed by atoms with Gasteiger partial charge in [0, 0.05) is 36.0 Å². The third kappa shape index (κ3) is 5.93. The van der Waals surface area contributed by atoms with Crippen LogP contribution < -0.4 is 15.4 Å². The molecule has 220 valence electrons. The summed E-state index contributed by atoms with van der Waals surface area (Å²) >= 11 is 6.55. The van der Waals surface area contributed by atoms with Crippen molar-refractivity contribution >= 4 is 45.6 Å². The Labute approximate surface area is 255 Å². The number of halogens is 1. The molecule has 2 aromatic heterocycles. The van der Waals surface area contributed by atoms with Gasteiger partial charge in [-0.25, -0.2) is 9.97 Å². The fourth-order valence-corrected chi connectivity index (χ4v) is 6.62. The van der Waals surface area contributed by atoms with Gasteiger partial charge in [-0.15, -0.1) is 0 Å². The van der Waals surface area contributed by atoms with E-state index in [1.807, 2.05) is 36.4 Å². The molecule has 10 heteroatoms. The lowest BCUT2D eigenvalue weighted by atomic mass is 10.0. The zero-order chi connectivity index (χ0) is 29.3. The highest BCUT2D eigenvalue weighted by Crippen LogP contribution is 2.54. The molecule has 4 aromatic rings. The van der Waals surface area contributed by atoms with Gasteiger partial charge in [-0.2, -0.15) is 0 Å². The highest BCUT2D eigenvalue weighted by atomic mass is 35.5. The Morgan fingerprint density at radius 1 is 1.12 bits per heavy atom. The molecule has 1 amide bonds. The van der Waals surface area contributed by atoms with E-state index < -0.39 is 0 Å². The van der Waals surface area contributed by atoms with Gasteiger partial charge < -0.3 is 20.1 Å². The number of piperidine rings is 1. The number of ether oxygens (including phenoxy) is 2. The van der Waals surface area contributed by atoms with Crippen LogP contribution in [0.25, 0.3) is 10.9 Å². The number of rotatable bonds is 11. The largest absolute Gasteiger partial charge is 0.486 e. The van der Waals surface area contributed by atoms with Crippen LogP contribution in [0, 0.1) is 17.8 Å². The zero-order valence-corrected chi connectivity index (χ0v) is 24.5. The third-order valence-electron chi connectivity index (χ3n) is 8.88. The zero-order valence-electron chi connectivity index (χ0n) is 23.7. The minimum Gasteiger partial charge on any atom is -0.486 e. The maximum atomic E-state index is 12.4. The summed E-state index contributed by atoms with van der Waals surface area (Å²) in [5.41, 5.74) is 4.19. The highest BCUT2D eigenvalue weighted by Gasteiger charge is 2.56. The molecule has 1 saturated carbocycles. The van der Waals surface area contributed by atoms with Gasteiger partial charge in [0.2, 0.25) is 5.91 Å². The van der Waals surface area contributed by atoms with Crippen molar-refractivity contribution in [3.8, 4) is 5.75 Å². The first-order valence-electron chi connectivity index (χ1n) is 14.7. The number of amides is 1. The number of hydrogen-bond acceptors (Lipinski definition) is 8. The average molecular weight is 597 g/mol. The molecule has 2 saturated heterocycles. The van der Waals surface area contributed by atoms with Crippen LogP contribution in [0.15, 0.2) is 73.7 Å². The molecule has 3 atom stereocenters. The number of fused-ring (bicyclic) bond motifs is 2. The number of aromatic nitrogens is 3. The number of benzene rings is 2. The van der Waals surface area contributed by atoms with Crippen molar-refractivity contribution in [2.75, 3.05) is 36.9 Å². The lowest BCUT2D eigenvalue weighted by molar-refractivity contribution is -0.111. The predicted molar refractivity (Wildman–Crippen MR) is 167 cm³/mol. The van der Waals surface area contributed by atoms with Gasteiger partial charge in [-0.1, -0.05) is 24.2 Å². The summed E-state index contributed by atoms with van der Waals surface area (Å²) in [5, 5.41) is 7.63. The number of carbonyl (C=O) groups is 1. The van der Waals surface area contributed by atoms with Crippen LogP contribution >= 0.6 is 11.6 Å². The monoisotopic (exact) mass is 596 g/mol. The van der Waals surface area contributed by atoms with Gasteiger partial charge in [0.15, 0.2) is 0 Å². The standard InChI is InChI=1S/C33H33ClN6O3/c1-2-32(41)39-29-13-25-30(11-20(29)6-8-24-26-14-40(15-27(24)26)23-17-42-18-23)36-19-37-33(25)38-21-7-9-31(28(34)12-21)43-16-22-5-3-4-10-35-22/h2-5,7,9-13,19,23-24,26-27H,1,6,8,14-18H2,(H,39,41)(H,36,37,38)/t24?,26-,27+. The molecule has 7 rings (SSSR count). The molecular weight excluding hydrogens is 564 g/mol. The van der Waals surface area contributed by atoms with E-state index in [9.17, 15) is 4.79 Å². The number of carbonyl (C=O) groups excluding carboxylic acids is 1. The van der Waals surface area contributed by atoms with Crippen LogP contribution in [0.1, 0.15) is 17.7 Å². The Bertz CT molecular complexity index is 1650. The van der Waals surface area contributed by atoms with E-state index >= 15 is 0 Å². The molecular formula is C33H33ClN6O3. The van der Waals surface area contributed by atoms with Crippen LogP contribution in [-0.2, 0) is 22.6 Å². The first-order valence-corrected chi connectivity index (χ1v) is 15.1. The molecule has 4 heterocycles. The van der Waals surface area contributed by atoms with Crippen LogP contribution in [0.4, 0.5) is 17.2 Å². The van der Waals surface area contributed by atoms with E-state index in [-0.39, 0.29) is 5.91 Å². The molecule has 1 unspecified atom stereocenters. The summed E-state index contributed by atoms with van der Waals surface area (Å²) in [4.78, 5) is 28.3. The molecule has 2 N–H and O–H groups in total. The quantitative estimate of drug-likeness (QED) is 0.215. The van der Waals surface area contributed by atoms with Gasteiger partial charge in [-0.05, 0) is 84.7 Å². The van der Waals surface area contributed by atoms with Crippen molar-refractivity contribution in [3.63, 3.8) is 0 Å². The maximum Gasteiger partial charge on any atom is 0.247 e. The van der Waals surface area contributed by atoms with E-state index in [4.69, 9.17) is 21.1 Å². The van der Waals surface area contributed by atoms with Gasteiger partial charge >= 0.3 is 0 Å². The molecule has 0 spiro atoms. The minimum absolute atomic E-state index is 0.248. The number of nitrogens with one attached hydrogen (secondary N) is 2. The van der Waals surface area contributed by atoms with Gasteiger partial charge in [0.25, 0.3) is 0 Å². The molecule has 9 nitrogen and oxygen atoms in total. The fraction of sp³-hybridized carbons (Fsp3) is 0.333. The first kappa shape index (κ1) is 27.8. The van der Waals surface area contributed by atoms with Gasteiger partial charge in [0.1, 0.15) is 24.5 Å². The second-order valence-electron chi connectivity index (χ2n) is 11.5. The Morgan fingerprint density at radius 3 is 2.70 bits per heavy atom. The van der Waals surface area contributed by atoms with Crippen molar-refractivity contribution in [1.82, 2.24) is 19.9 Å². The topological polar surface area (TPSA) is 102 Å². The maximum absolute atomic E-state index is 12.4.